The van der Waals surface area contributed by atoms with E-state index in [4.69, 9.17) is 9.47 Å². The van der Waals surface area contributed by atoms with Gasteiger partial charge < -0.3 is 14.8 Å². The molecule has 7 nitrogen and oxygen atoms in total. The van der Waals surface area contributed by atoms with Gasteiger partial charge in [0.15, 0.2) is 11.5 Å². The Morgan fingerprint density at radius 1 is 1.16 bits per heavy atom. The highest BCUT2D eigenvalue weighted by Gasteiger charge is 2.41. The average Bonchev–Trinajstić information content (AvgIpc) is 3.24. The molecule has 1 atom stereocenters. The average molecular weight is 368 g/mol. The minimum atomic E-state index is -3.80. The van der Waals surface area contributed by atoms with Crippen molar-refractivity contribution in [2.24, 2.45) is 0 Å². The number of ether oxygens (including phenoxy) is 2. The number of hydrogen-bond donors (Lipinski definition) is 1. The van der Waals surface area contributed by atoms with Crippen molar-refractivity contribution < 1.29 is 22.7 Å². The number of methoxy groups -OCH3 is 2. The smallest absolute Gasteiger partial charge is 0.244 e. The van der Waals surface area contributed by atoms with Crippen molar-refractivity contribution in [2.75, 3.05) is 20.8 Å². The molecule has 1 aliphatic carbocycles. The molecule has 1 amide bonds. The third-order valence-corrected chi connectivity index (χ3v) is 6.75. The van der Waals surface area contributed by atoms with Crippen molar-refractivity contribution in [2.45, 2.75) is 49.6 Å². The van der Waals surface area contributed by atoms with Crippen LogP contribution in [0.2, 0.25) is 0 Å². The summed E-state index contributed by atoms with van der Waals surface area (Å²) in [6.45, 7) is 2.06. The van der Waals surface area contributed by atoms with E-state index in [0.29, 0.717) is 36.4 Å². The van der Waals surface area contributed by atoms with Gasteiger partial charge in [0.25, 0.3) is 0 Å². The van der Waals surface area contributed by atoms with Gasteiger partial charge in [-0.15, -0.1) is 0 Å². The Bertz CT molecular complexity index is 773. The summed E-state index contributed by atoms with van der Waals surface area (Å²) < 4.78 is 38.2. The van der Waals surface area contributed by atoms with E-state index in [2.05, 4.69) is 5.32 Å². The minimum Gasteiger partial charge on any atom is -0.493 e. The summed E-state index contributed by atoms with van der Waals surface area (Å²) in [5, 5.41) is 2.92. The number of benzene rings is 1. The summed E-state index contributed by atoms with van der Waals surface area (Å²) in [5.41, 5.74) is 0.561. The molecular formula is C17H24N2O5S. The van der Waals surface area contributed by atoms with Gasteiger partial charge in [-0.3, -0.25) is 4.79 Å². The maximum absolute atomic E-state index is 13.2. The van der Waals surface area contributed by atoms with E-state index < -0.39 is 16.1 Å². The number of hydrogen-bond acceptors (Lipinski definition) is 5. The second-order valence-electron chi connectivity index (χ2n) is 6.53. The van der Waals surface area contributed by atoms with Crippen LogP contribution in [0.4, 0.5) is 0 Å². The van der Waals surface area contributed by atoms with E-state index >= 15 is 0 Å². The quantitative estimate of drug-likeness (QED) is 0.821. The van der Waals surface area contributed by atoms with Crippen molar-refractivity contribution in [3.8, 4) is 11.5 Å². The number of carbonyl (C=O) groups is 1. The standard InChI is InChI=1S/C17H24N2O5S/c1-11-9-14(23-2)15(24-3)10-16(11)25(21,22)19-8-4-5-13(19)17(20)18-12-6-7-12/h9-10,12-13H,4-8H2,1-3H3,(H,18,20). The number of rotatable bonds is 6. The van der Waals surface area contributed by atoms with E-state index in [9.17, 15) is 13.2 Å². The molecular weight excluding hydrogens is 344 g/mol. The molecule has 0 spiro atoms. The molecule has 1 N–H and O–H groups in total. The Balaban J connectivity index is 1.93. The van der Waals surface area contributed by atoms with Gasteiger partial charge in [-0.25, -0.2) is 8.42 Å². The van der Waals surface area contributed by atoms with Gasteiger partial charge in [0, 0.05) is 18.7 Å². The van der Waals surface area contributed by atoms with Crippen molar-refractivity contribution in [1.82, 2.24) is 9.62 Å². The number of nitrogens with one attached hydrogen (secondary N) is 1. The zero-order valence-corrected chi connectivity index (χ0v) is 15.6. The molecule has 1 heterocycles. The van der Waals surface area contributed by atoms with Crippen LogP contribution in [0.1, 0.15) is 31.2 Å². The molecule has 8 heteroatoms. The summed E-state index contributed by atoms with van der Waals surface area (Å²) in [6.07, 6.45) is 3.17. The van der Waals surface area contributed by atoms with Crippen LogP contribution in [-0.4, -0.2) is 51.5 Å². The maximum Gasteiger partial charge on any atom is 0.244 e. The third kappa shape index (κ3) is 3.46. The molecule has 1 saturated carbocycles. The Hall–Kier alpha value is -1.80. The third-order valence-electron chi connectivity index (χ3n) is 4.70. The van der Waals surface area contributed by atoms with Gasteiger partial charge in [0.1, 0.15) is 6.04 Å². The van der Waals surface area contributed by atoms with Crippen molar-refractivity contribution in [3.05, 3.63) is 17.7 Å². The molecule has 3 rings (SSSR count). The van der Waals surface area contributed by atoms with E-state index in [1.807, 2.05) is 0 Å². The molecule has 1 saturated heterocycles. The molecule has 1 aromatic rings. The first kappa shape index (κ1) is 18.0. The van der Waals surface area contributed by atoms with Gasteiger partial charge in [-0.1, -0.05) is 0 Å². The first-order valence-corrected chi connectivity index (χ1v) is 9.87. The zero-order chi connectivity index (χ0) is 18.2. The molecule has 0 bridgehead atoms. The molecule has 25 heavy (non-hydrogen) atoms. The first-order valence-electron chi connectivity index (χ1n) is 8.43. The number of aryl methyl sites for hydroxylation is 1. The lowest BCUT2D eigenvalue weighted by Crippen LogP contribution is -2.46. The van der Waals surface area contributed by atoms with E-state index in [-0.39, 0.29) is 16.8 Å². The highest BCUT2D eigenvalue weighted by atomic mass is 32.2. The number of amides is 1. The van der Waals surface area contributed by atoms with E-state index in [1.165, 1.54) is 24.6 Å². The lowest BCUT2D eigenvalue weighted by molar-refractivity contribution is -0.124. The van der Waals surface area contributed by atoms with E-state index in [0.717, 1.165) is 12.8 Å². The Labute approximate surface area is 148 Å². The highest BCUT2D eigenvalue weighted by Crippen LogP contribution is 2.35. The fraction of sp³-hybridized carbons (Fsp3) is 0.588. The van der Waals surface area contributed by atoms with Crippen LogP contribution in [0, 0.1) is 6.92 Å². The summed E-state index contributed by atoms with van der Waals surface area (Å²) in [5.74, 6) is 0.634. The predicted octanol–water partition coefficient (Wildman–Crippen LogP) is 1.44. The Morgan fingerprint density at radius 2 is 1.80 bits per heavy atom. The SMILES string of the molecule is COc1cc(C)c(S(=O)(=O)N2CCCC2C(=O)NC2CC2)cc1OC. The Morgan fingerprint density at radius 3 is 2.40 bits per heavy atom. The van der Waals surface area contributed by atoms with Crippen LogP contribution in [0.3, 0.4) is 0 Å². The molecule has 0 aromatic heterocycles. The topological polar surface area (TPSA) is 84.9 Å². The fourth-order valence-corrected chi connectivity index (χ4v) is 5.06. The normalized spacial score (nSPS) is 21.2. The highest BCUT2D eigenvalue weighted by molar-refractivity contribution is 7.89. The molecule has 1 aliphatic heterocycles. The summed E-state index contributed by atoms with van der Waals surface area (Å²) in [6, 6.07) is 2.68. The van der Waals surface area contributed by atoms with Gasteiger partial charge in [-0.2, -0.15) is 4.31 Å². The lowest BCUT2D eigenvalue weighted by Gasteiger charge is -2.24. The second-order valence-corrected chi connectivity index (χ2v) is 8.39. The summed E-state index contributed by atoms with van der Waals surface area (Å²) in [7, 11) is -0.832. The van der Waals surface area contributed by atoms with Crippen LogP contribution in [0.15, 0.2) is 17.0 Å². The van der Waals surface area contributed by atoms with Crippen LogP contribution in [0.5, 0.6) is 11.5 Å². The van der Waals surface area contributed by atoms with Gasteiger partial charge in [-0.05, 0) is 44.2 Å². The fourth-order valence-electron chi connectivity index (χ4n) is 3.18. The number of nitrogens with zero attached hydrogens (tertiary/aromatic N) is 1. The van der Waals surface area contributed by atoms with Gasteiger partial charge in [0.2, 0.25) is 15.9 Å². The number of carbonyl (C=O) groups excluding carboxylic acids is 1. The molecule has 2 aliphatic rings. The predicted molar refractivity (Wildman–Crippen MR) is 92.4 cm³/mol. The van der Waals surface area contributed by atoms with E-state index in [1.54, 1.807) is 13.0 Å². The van der Waals surface area contributed by atoms with Crippen molar-refractivity contribution >= 4 is 15.9 Å². The first-order chi connectivity index (χ1) is 11.9. The van der Waals surface area contributed by atoms with Crippen molar-refractivity contribution in [1.29, 1.82) is 0 Å². The minimum absolute atomic E-state index is 0.149. The number of sulfonamides is 1. The molecule has 0 radical (unpaired) electrons. The molecule has 1 aromatic carbocycles. The molecule has 138 valence electrons. The van der Waals surface area contributed by atoms with Gasteiger partial charge in [0.05, 0.1) is 19.1 Å². The van der Waals surface area contributed by atoms with Crippen LogP contribution in [0.25, 0.3) is 0 Å². The molecule has 1 unspecified atom stereocenters. The van der Waals surface area contributed by atoms with Crippen LogP contribution in [-0.2, 0) is 14.8 Å². The summed E-state index contributed by atoms with van der Waals surface area (Å²) >= 11 is 0. The van der Waals surface area contributed by atoms with Gasteiger partial charge >= 0.3 is 0 Å². The maximum atomic E-state index is 13.2. The largest absolute Gasteiger partial charge is 0.493 e. The molecule has 2 fully saturated rings. The summed E-state index contributed by atoms with van der Waals surface area (Å²) in [4.78, 5) is 12.6. The monoisotopic (exact) mass is 368 g/mol. The van der Waals surface area contributed by atoms with Crippen LogP contribution >= 0.6 is 0 Å². The zero-order valence-electron chi connectivity index (χ0n) is 14.7. The lowest BCUT2D eigenvalue weighted by atomic mass is 10.2. The second kappa shape index (κ2) is 6.84. The Kier molecular flexibility index (Phi) is 4.92. The van der Waals surface area contributed by atoms with Crippen LogP contribution < -0.4 is 14.8 Å². The van der Waals surface area contributed by atoms with Crippen molar-refractivity contribution in [3.63, 3.8) is 0 Å².